The zero-order valence-electron chi connectivity index (χ0n) is 11.4. The van der Waals surface area contributed by atoms with E-state index in [1.165, 1.54) is 0 Å². The predicted octanol–water partition coefficient (Wildman–Crippen LogP) is 1.92. The molecule has 2 aliphatic carbocycles. The zero-order chi connectivity index (χ0) is 13.3. The van der Waals surface area contributed by atoms with Crippen LogP contribution in [0, 0.1) is 23.2 Å². The lowest BCUT2D eigenvalue weighted by atomic mass is 9.74. The van der Waals surface area contributed by atoms with Crippen LogP contribution in [0.5, 0.6) is 0 Å². The molecule has 0 aromatic heterocycles. The van der Waals surface area contributed by atoms with E-state index in [1.54, 1.807) is 0 Å². The van der Waals surface area contributed by atoms with Gasteiger partial charge in [0.05, 0.1) is 11.3 Å². The van der Waals surface area contributed by atoms with Gasteiger partial charge in [0, 0.05) is 11.8 Å². The van der Waals surface area contributed by atoms with Gasteiger partial charge in [-0.15, -0.1) is 0 Å². The molecule has 0 spiro atoms. The summed E-state index contributed by atoms with van der Waals surface area (Å²) in [4.78, 5) is 23.8. The molecule has 2 aliphatic heterocycles. The van der Waals surface area contributed by atoms with Crippen LogP contribution < -0.4 is 0 Å². The number of hydrogen-bond donors (Lipinski definition) is 0. The smallest absolute Gasteiger partial charge is 0.311 e. The van der Waals surface area contributed by atoms with Gasteiger partial charge in [0.1, 0.15) is 11.7 Å². The van der Waals surface area contributed by atoms with Gasteiger partial charge in [-0.1, -0.05) is 0 Å². The molecule has 4 aliphatic rings. The third-order valence-electron chi connectivity index (χ3n) is 4.85. The Labute approximate surface area is 107 Å². The SMILES string of the molecule is CC(C)(C)C(=O)OC1C2CC3CC2C(=O)OC31C. The van der Waals surface area contributed by atoms with Crippen molar-refractivity contribution in [2.75, 3.05) is 0 Å². The Morgan fingerprint density at radius 3 is 2.61 bits per heavy atom. The molecular weight excluding hydrogens is 232 g/mol. The highest BCUT2D eigenvalue weighted by atomic mass is 16.6. The highest BCUT2D eigenvalue weighted by Gasteiger charge is 2.69. The van der Waals surface area contributed by atoms with Crippen molar-refractivity contribution in [3.05, 3.63) is 0 Å². The van der Waals surface area contributed by atoms with E-state index in [4.69, 9.17) is 9.47 Å². The fourth-order valence-corrected chi connectivity index (χ4v) is 3.73. The summed E-state index contributed by atoms with van der Waals surface area (Å²) in [6.45, 7) is 7.45. The predicted molar refractivity (Wildman–Crippen MR) is 63.5 cm³/mol. The molecule has 4 nitrogen and oxygen atoms in total. The van der Waals surface area contributed by atoms with E-state index in [0.717, 1.165) is 12.8 Å². The number of fused-ring (bicyclic) bond motifs is 1. The van der Waals surface area contributed by atoms with Gasteiger partial charge in [-0.2, -0.15) is 0 Å². The molecule has 5 atom stereocenters. The van der Waals surface area contributed by atoms with Crippen molar-refractivity contribution in [2.45, 2.75) is 52.2 Å². The van der Waals surface area contributed by atoms with Crippen molar-refractivity contribution in [3.63, 3.8) is 0 Å². The van der Waals surface area contributed by atoms with Crippen molar-refractivity contribution < 1.29 is 19.1 Å². The van der Waals surface area contributed by atoms with Crippen LogP contribution in [-0.4, -0.2) is 23.6 Å². The second-order valence-corrected chi connectivity index (χ2v) is 7.12. The molecule has 4 heteroatoms. The van der Waals surface area contributed by atoms with E-state index in [2.05, 4.69) is 0 Å². The van der Waals surface area contributed by atoms with E-state index >= 15 is 0 Å². The van der Waals surface area contributed by atoms with Gasteiger partial charge < -0.3 is 9.47 Å². The summed E-state index contributed by atoms with van der Waals surface area (Å²) in [5, 5.41) is 0. The summed E-state index contributed by atoms with van der Waals surface area (Å²) in [7, 11) is 0. The normalized spacial score (nSPS) is 45.2. The summed E-state index contributed by atoms with van der Waals surface area (Å²) in [5.74, 6) is 0.187. The van der Waals surface area contributed by atoms with Crippen LogP contribution in [0.1, 0.15) is 40.5 Å². The summed E-state index contributed by atoms with van der Waals surface area (Å²) in [5.41, 5.74) is -1.10. The summed E-state index contributed by atoms with van der Waals surface area (Å²) >= 11 is 0. The van der Waals surface area contributed by atoms with Crippen LogP contribution in [0.2, 0.25) is 0 Å². The second kappa shape index (κ2) is 3.28. The quantitative estimate of drug-likeness (QED) is 0.669. The second-order valence-electron chi connectivity index (χ2n) is 7.12. The maximum absolute atomic E-state index is 12.0. The first-order valence-corrected chi connectivity index (χ1v) is 6.67. The fourth-order valence-electron chi connectivity index (χ4n) is 3.73. The number of carbonyl (C=O) groups excluding carboxylic acids is 2. The highest BCUT2D eigenvalue weighted by Crippen LogP contribution is 2.61. The third-order valence-corrected chi connectivity index (χ3v) is 4.85. The molecule has 4 fully saturated rings. The molecular formula is C14H20O4. The monoisotopic (exact) mass is 252 g/mol. The minimum atomic E-state index is -0.586. The topological polar surface area (TPSA) is 52.6 Å². The molecule has 4 rings (SSSR count). The molecule has 18 heavy (non-hydrogen) atoms. The number of rotatable bonds is 1. The van der Waals surface area contributed by atoms with Crippen molar-refractivity contribution in [1.29, 1.82) is 0 Å². The summed E-state index contributed by atoms with van der Waals surface area (Å²) < 4.78 is 11.2. The van der Waals surface area contributed by atoms with Crippen LogP contribution in [0.15, 0.2) is 0 Å². The molecule has 5 unspecified atom stereocenters. The Balaban J connectivity index is 1.84. The van der Waals surface area contributed by atoms with Gasteiger partial charge in [-0.25, -0.2) is 0 Å². The van der Waals surface area contributed by atoms with E-state index in [1.807, 2.05) is 27.7 Å². The first-order valence-electron chi connectivity index (χ1n) is 6.67. The minimum absolute atomic E-state index is 0.0467. The van der Waals surface area contributed by atoms with Gasteiger partial charge in [-0.3, -0.25) is 9.59 Å². The highest BCUT2D eigenvalue weighted by molar-refractivity contribution is 5.78. The first kappa shape index (κ1) is 12.0. The van der Waals surface area contributed by atoms with E-state index in [-0.39, 0.29) is 29.9 Å². The maximum Gasteiger partial charge on any atom is 0.311 e. The molecule has 0 N–H and O–H groups in total. The van der Waals surface area contributed by atoms with E-state index < -0.39 is 11.0 Å². The Morgan fingerprint density at radius 1 is 1.39 bits per heavy atom. The number of ether oxygens (including phenoxy) is 2. The molecule has 100 valence electrons. The van der Waals surface area contributed by atoms with Crippen molar-refractivity contribution in [2.24, 2.45) is 23.2 Å². The van der Waals surface area contributed by atoms with Gasteiger partial charge in [0.25, 0.3) is 0 Å². The van der Waals surface area contributed by atoms with Crippen LogP contribution in [0.4, 0.5) is 0 Å². The third kappa shape index (κ3) is 1.38. The van der Waals surface area contributed by atoms with Crippen molar-refractivity contribution in [1.82, 2.24) is 0 Å². The van der Waals surface area contributed by atoms with Crippen molar-refractivity contribution >= 4 is 11.9 Å². The fraction of sp³-hybridized carbons (Fsp3) is 0.857. The van der Waals surface area contributed by atoms with Crippen LogP contribution in [-0.2, 0) is 19.1 Å². The maximum atomic E-state index is 12.0. The Hall–Kier alpha value is -1.06. The zero-order valence-corrected chi connectivity index (χ0v) is 11.4. The Morgan fingerprint density at radius 2 is 2.06 bits per heavy atom. The molecule has 2 heterocycles. The Kier molecular flexibility index (Phi) is 2.19. The average Bonchev–Trinajstić information content (AvgIpc) is 2.73. The molecule has 2 saturated heterocycles. The van der Waals surface area contributed by atoms with Crippen LogP contribution >= 0.6 is 0 Å². The van der Waals surface area contributed by atoms with Gasteiger partial charge >= 0.3 is 11.9 Å². The molecule has 4 bridgehead atoms. The van der Waals surface area contributed by atoms with E-state index in [0.29, 0.717) is 5.92 Å². The molecule has 0 aromatic rings. The van der Waals surface area contributed by atoms with Gasteiger partial charge in [0.15, 0.2) is 0 Å². The molecule has 0 amide bonds. The lowest BCUT2D eigenvalue weighted by Gasteiger charge is -2.47. The summed E-state index contributed by atoms with van der Waals surface area (Å²) in [6.07, 6.45) is 1.61. The van der Waals surface area contributed by atoms with E-state index in [9.17, 15) is 9.59 Å². The van der Waals surface area contributed by atoms with Crippen LogP contribution in [0.3, 0.4) is 0 Å². The summed E-state index contributed by atoms with van der Waals surface area (Å²) in [6, 6.07) is 0. The number of esters is 2. The lowest BCUT2D eigenvalue weighted by molar-refractivity contribution is -0.224. The van der Waals surface area contributed by atoms with Gasteiger partial charge in [-0.05, 0) is 40.5 Å². The largest absolute Gasteiger partial charge is 0.457 e. The number of hydrogen-bond acceptors (Lipinski definition) is 4. The standard InChI is InChI=1S/C14H20O4/c1-13(2,3)12(16)17-10-8-5-7-6-9(8)11(15)18-14(7,10)4/h7-10H,5-6H2,1-4H3. The molecule has 0 radical (unpaired) electrons. The van der Waals surface area contributed by atoms with Crippen LogP contribution in [0.25, 0.3) is 0 Å². The Bertz CT molecular complexity index is 422. The minimum Gasteiger partial charge on any atom is -0.457 e. The number of carbonyl (C=O) groups is 2. The lowest BCUT2D eigenvalue weighted by Crippen LogP contribution is -2.59. The van der Waals surface area contributed by atoms with Gasteiger partial charge in [0.2, 0.25) is 0 Å². The first-order chi connectivity index (χ1) is 8.23. The molecule has 0 aromatic carbocycles. The molecule has 2 saturated carbocycles. The van der Waals surface area contributed by atoms with Crippen molar-refractivity contribution in [3.8, 4) is 0 Å². The average molecular weight is 252 g/mol.